The number of ether oxygens (including phenoxy) is 2. The van der Waals surface area contributed by atoms with Gasteiger partial charge in [0.05, 0.1) is 13.2 Å². The van der Waals surface area contributed by atoms with Gasteiger partial charge < -0.3 is 10.9 Å². The Morgan fingerprint density at radius 1 is 1.32 bits per heavy atom. The van der Waals surface area contributed by atoms with E-state index in [2.05, 4.69) is 0 Å². The summed E-state index contributed by atoms with van der Waals surface area (Å²) in [6.45, 7) is 1.02. The van der Waals surface area contributed by atoms with Gasteiger partial charge in [-0.15, -0.1) is 0 Å². The second-order valence-electron chi connectivity index (χ2n) is 4.43. The fourth-order valence-electron chi connectivity index (χ4n) is 1.71. The zero-order valence-corrected chi connectivity index (χ0v) is 14.0. The third-order valence-electron chi connectivity index (χ3n) is 2.86. The van der Waals surface area contributed by atoms with E-state index >= 15 is 0 Å². The summed E-state index contributed by atoms with van der Waals surface area (Å²) in [4.78, 5) is 11.1. The molecule has 1 unspecified atom stereocenters. The van der Waals surface area contributed by atoms with E-state index in [-0.39, 0.29) is 43.1 Å². The molecule has 1 aromatic rings. The van der Waals surface area contributed by atoms with Crippen molar-refractivity contribution < 1.29 is 45.3 Å². The Morgan fingerprint density at radius 2 is 2.00 bits per heavy atom. The van der Waals surface area contributed by atoms with Crippen LogP contribution in [0, 0.1) is 0 Å². The number of unbranched alkanes of at least 4 members (excludes halogenated alkanes) is 2. The molecular weight excluding hydrogens is 275 g/mol. The molecule has 1 aliphatic rings. The van der Waals surface area contributed by atoms with Gasteiger partial charge in [-0.3, -0.25) is 0 Å². The number of benzene rings is 1. The first-order valence-electron chi connectivity index (χ1n) is 6.28. The summed E-state index contributed by atoms with van der Waals surface area (Å²) in [7, 11) is 0. The summed E-state index contributed by atoms with van der Waals surface area (Å²) >= 11 is 5.82. The Morgan fingerprint density at radius 3 is 2.63 bits per heavy atom. The smallest absolute Gasteiger partial charge is 1.00 e. The van der Waals surface area contributed by atoms with Crippen molar-refractivity contribution in [1.29, 1.82) is 0 Å². The molecule has 100 valence electrons. The number of carbonyl (C=O) groups excluding carboxylic acids is 1. The quantitative estimate of drug-likeness (QED) is 0.310. The molecule has 1 fully saturated rings. The standard InChI is InChI=1S/C14H17ClO3.Na.H/c15-12-7-5-11(6-8-12)4-2-1-3-9-17-14(16)13-10-18-13;;/h5-8,13H,1-4,9-10H2;;/q;+1;-1. The molecular formula is C14H18ClNaO3. The van der Waals surface area contributed by atoms with Crippen molar-refractivity contribution in [2.75, 3.05) is 13.2 Å². The van der Waals surface area contributed by atoms with Crippen molar-refractivity contribution in [2.45, 2.75) is 31.8 Å². The van der Waals surface area contributed by atoms with Crippen LogP contribution in [0.25, 0.3) is 0 Å². The molecule has 0 amide bonds. The number of hydrogen-bond donors (Lipinski definition) is 0. The number of epoxide rings is 1. The van der Waals surface area contributed by atoms with Crippen molar-refractivity contribution >= 4 is 17.6 Å². The fourth-order valence-corrected chi connectivity index (χ4v) is 1.83. The van der Waals surface area contributed by atoms with E-state index < -0.39 is 0 Å². The Labute approximate surface area is 142 Å². The Balaban J connectivity index is 0.00000180. The van der Waals surface area contributed by atoms with Gasteiger partial charge in [0.25, 0.3) is 0 Å². The zero-order chi connectivity index (χ0) is 12.8. The fraction of sp³-hybridized carbons (Fsp3) is 0.500. The van der Waals surface area contributed by atoms with Crippen LogP contribution >= 0.6 is 11.6 Å². The molecule has 1 atom stereocenters. The van der Waals surface area contributed by atoms with E-state index in [1.807, 2.05) is 24.3 Å². The molecule has 0 radical (unpaired) electrons. The molecule has 19 heavy (non-hydrogen) atoms. The van der Waals surface area contributed by atoms with Gasteiger partial charge in [-0.05, 0) is 43.4 Å². The molecule has 0 saturated carbocycles. The molecule has 1 aromatic carbocycles. The average molecular weight is 293 g/mol. The molecule has 3 nitrogen and oxygen atoms in total. The van der Waals surface area contributed by atoms with E-state index in [4.69, 9.17) is 21.1 Å². The van der Waals surface area contributed by atoms with E-state index in [9.17, 15) is 4.79 Å². The molecule has 1 heterocycles. The van der Waals surface area contributed by atoms with Crippen molar-refractivity contribution in [2.24, 2.45) is 0 Å². The second-order valence-corrected chi connectivity index (χ2v) is 4.86. The maximum absolute atomic E-state index is 11.1. The van der Waals surface area contributed by atoms with E-state index in [1.54, 1.807) is 0 Å². The van der Waals surface area contributed by atoms with Gasteiger partial charge in [-0.25, -0.2) is 4.79 Å². The van der Waals surface area contributed by atoms with Crippen molar-refractivity contribution in [3.8, 4) is 0 Å². The molecule has 0 spiro atoms. The summed E-state index contributed by atoms with van der Waals surface area (Å²) in [6, 6.07) is 7.92. The predicted molar refractivity (Wildman–Crippen MR) is 70.8 cm³/mol. The molecule has 0 aromatic heterocycles. The van der Waals surface area contributed by atoms with E-state index in [0.717, 1.165) is 30.7 Å². The van der Waals surface area contributed by atoms with Crippen LogP contribution in [-0.2, 0) is 20.7 Å². The van der Waals surface area contributed by atoms with Crippen LogP contribution in [-0.4, -0.2) is 25.3 Å². The summed E-state index contributed by atoms with van der Waals surface area (Å²) in [6.07, 6.45) is 3.82. The van der Waals surface area contributed by atoms with Gasteiger partial charge in [-0.2, -0.15) is 0 Å². The first-order chi connectivity index (χ1) is 8.75. The largest absolute Gasteiger partial charge is 1.00 e. The molecule has 2 rings (SSSR count). The molecule has 1 aliphatic heterocycles. The summed E-state index contributed by atoms with van der Waals surface area (Å²) in [5, 5.41) is 0.771. The van der Waals surface area contributed by atoms with E-state index in [0.29, 0.717) is 13.2 Å². The summed E-state index contributed by atoms with van der Waals surface area (Å²) in [5.41, 5.74) is 1.29. The van der Waals surface area contributed by atoms with Crippen LogP contribution < -0.4 is 29.6 Å². The Bertz CT molecular complexity index is 396. The Kier molecular flexibility index (Phi) is 8.03. The number of rotatable bonds is 7. The molecule has 0 N–H and O–H groups in total. The van der Waals surface area contributed by atoms with Crippen LogP contribution in [0.2, 0.25) is 5.02 Å². The van der Waals surface area contributed by atoms with Gasteiger partial charge in [0.2, 0.25) is 0 Å². The van der Waals surface area contributed by atoms with Gasteiger partial charge in [0, 0.05) is 5.02 Å². The van der Waals surface area contributed by atoms with Crippen LogP contribution in [0.1, 0.15) is 26.3 Å². The number of aryl methyl sites for hydroxylation is 1. The van der Waals surface area contributed by atoms with Gasteiger partial charge in [0.1, 0.15) is 0 Å². The normalized spacial score (nSPS) is 16.6. The van der Waals surface area contributed by atoms with Gasteiger partial charge in [0.15, 0.2) is 6.10 Å². The SMILES string of the molecule is O=C(OCCCCCc1ccc(Cl)cc1)C1CO1.[H-].[Na+]. The van der Waals surface area contributed by atoms with Crippen molar-refractivity contribution in [3.63, 3.8) is 0 Å². The molecule has 0 aliphatic carbocycles. The van der Waals surface area contributed by atoms with Crippen molar-refractivity contribution in [1.82, 2.24) is 0 Å². The minimum absolute atomic E-state index is 0. The van der Waals surface area contributed by atoms with Crippen LogP contribution in [0.15, 0.2) is 24.3 Å². The predicted octanol–water partition coefficient (Wildman–Crippen LogP) is 0.111. The van der Waals surface area contributed by atoms with Crippen molar-refractivity contribution in [3.05, 3.63) is 34.9 Å². The first-order valence-corrected chi connectivity index (χ1v) is 6.66. The van der Waals surface area contributed by atoms with Gasteiger partial charge in [-0.1, -0.05) is 23.7 Å². The topological polar surface area (TPSA) is 38.8 Å². The van der Waals surface area contributed by atoms with Gasteiger partial charge >= 0.3 is 35.5 Å². The molecule has 0 bridgehead atoms. The molecule has 5 heteroatoms. The van der Waals surface area contributed by atoms with E-state index in [1.165, 1.54) is 5.56 Å². The summed E-state index contributed by atoms with van der Waals surface area (Å²) in [5.74, 6) is -0.215. The average Bonchev–Trinajstić information content (AvgIpc) is 3.19. The first kappa shape index (κ1) is 17.0. The second kappa shape index (κ2) is 8.98. The number of halogens is 1. The summed E-state index contributed by atoms with van der Waals surface area (Å²) < 4.78 is 9.88. The number of carbonyl (C=O) groups is 1. The van der Waals surface area contributed by atoms with Crippen LogP contribution in [0.4, 0.5) is 0 Å². The zero-order valence-electron chi connectivity index (χ0n) is 12.2. The molecule has 1 saturated heterocycles. The minimum Gasteiger partial charge on any atom is -1.00 e. The number of hydrogen-bond acceptors (Lipinski definition) is 3. The maximum atomic E-state index is 11.1. The minimum atomic E-state index is -0.279. The third kappa shape index (κ3) is 6.77. The van der Waals surface area contributed by atoms with Crippen LogP contribution in [0.3, 0.4) is 0 Å². The third-order valence-corrected chi connectivity index (χ3v) is 3.12. The monoisotopic (exact) mass is 292 g/mol. The maximum Gasteiger partial charge on any atom is 1.00 e. The van der Waals surface area contributed by atoms with Crippen LogP contribution in [0.5, 0.6) is 0 Å². The number of esters is 1. The Hall–Kier alpha value is -0.0600.